The van der Waals surface area contributed by atoms with Crippen molar-refractivity contribution < 1.29 is 4.79 Å². The number of rotatable bonds is 6. The Bertz CT molecular complexity index is 423. The van der Waals surface area contributed by atoms with Gasteiger partial charge in [-0.2, -0.15) is 0 Å². The van der Waals surface area contributed by atoms with Crippen molar-refractivity contribution in [1.29, 1.82) is 0 Å². The van der Waals surface area contributed by atoms with E-state index in [4.69, 9.17) is 5.73 Å². The second kappa shape index (κ2) is 7.44. The fraction of sp³-hybridized carbons (Fsp3) is 0.588. The average Bonchev–Trinajstić information content (AvgIpc) is 2.37. The smallest absolute Gasteiger partial charge is 0.239 e. The van der Waals surface area contributed by atoms with Gasteiger partial charge in [0, 0.05) is 13.6 Å². The summed E-state index contributed by atoms with van der Waals surface area (Å²) in [7, 11) is 1.82. The van der Waals surface area contributed by atoms with Crippen LogP contribution in [0, 0.1) is 5.92 Å². The second-order valence-electron chi connectivity index (χ2n) is 6.33. The number of benzene rings is 1. The van der Waals surface area contributed by atoms with Crippen molar-refractivity contribution in [2.75, 3.05) is 7.05 Å². The molecule has 0 spiro atoms. The molecule has 0 saturated carbocycles. The zero-order valence-electron chi connectivity index (χ0n) is 13.4. The monoisotopic (exact) mass is 276 g/mol. The van der Waals surface area contributed by atoms with Gasteiger partial charge < -0.3 is 10.6 Å². The number of hydrogen-bond donors (Lipinski definition) is 1. The third-order valence-electron chi connectivity index (χ3n) is 3.48. The van der Waals surface area contributed by atoms with Gasteiger partial charge in [0.1, 0.15) is 0 Å². The molecule has 0 unspecified atom stereocenters. The highest BCUT2D eigenvalue weighted by Gasteiger charge is 2.19. The predicted octanol–water partition coefficient (Wildman–Crippen LogP) is 3.14. The first-order chi connectivity index (χ1) is 9.31. The largest absolute Gasteiger partial charge is 0.340 e. The van der Waals surface area contributed by atoms with Gasteiger partial charge in [0.25, 0.3) is 0 Å². The third kappa shape index (κ3) is 4.97. The minimum absolute atomic E-state index is 0.0200. The van der Waals surface area contributed by atoms with Gasteiger partial charge in [-0.25, -0.2) is 0 Å². The van der Waals surface area contributed by atoms with Crippen LogP contribution in [0.3, 0.4) is 0 Å². The number of carbonyl (C=O) groups excluding carboxylic acids is 1. The Labute approximate surface area is 123 Å². The zero-order chi connectivity index (χ0) is 15.3. The number of nitrogens with two attached hydrogens (primary N) is 1. The minimum atomic E-state index is -0.394. The van der Waals surface area contributed by atoms with Crippen LogP contribution in [-0.2, 0) is 11.3 Å². The summed E-state index contributed by atoms with van der Waals surface area (Å²) in [5, 5.41) is 0. The molecule has 0 heterocycles. The van der Waals surface area contributed by atoms with Crippen LogP contribution in [-0.4, -0.2) is 23.9 Å². The molecule has 1 aromatic carbocycles. The van der Waals surface area contributed by atoms with E-state index >= 15 is 0 Å². The van der Waals surface area contributed by atoms with Crippen molar-refractivity contribution in [1.82, 2.24) is 4.90 Å². The SMILES string of the molecule is CC(C)C[C@@H](N)C(=O)N(C)Cc1ccc(C(C)C)cc1. The minimum Gasteiger partial charge on any atom is -0.340 e. The van der Waals surface area contributed by atoms with Gasteiger partial charge in [-0.15, -0.1) is 0 Å². The second-order valence-corrected chi connectivity index (χ2v) is 6.33. The van der Waals surface area contributed by atoms with Crippen LogP contribution < -0.4 is 5.73 Å². The molecule has 112 valence electrons. The van der Waals surface area contributed by atoms with Gasteiger partial charge in [-0.05, 0) is 29.4 Å². The highest BCUT2D eigenvalue weighted by Crippen LogP contribution is 2.15. The molecule has 0 saturated heterocycles. The molecule has 20 heavy (non-hydrogen) atoms. The quantitative estimate of drug-likeness (QED) is 0.867. The van der Waals surface area contributed by atoms with E-state index in [1.54, 1.807) is 4.90 Å². The van der Waals surface area contributed by atoms with E-state index in [0.29, 0.717) is 18.4 Å². The topological polar surface area (TPSA) is 46.3 Å². The van der Waals surface area contributed by atoms with Crippen LogP contribution in [0.1, 0.15) is 51.2 Å². The van der Waals surface area contributed by atoms with Crippen LogP contribution in [0.4, 0.5) is 0 Å². The van der Waals surface area contributed by atoms with Crippen molar-refractivity contribution in [2.24, 2.45) is 11.7 Å². The fourth-order valence-electron chi connectivity index (χ4n) is 2.25. The van der Waals surface area contributed by atoms with E-state index in [9.17, 15) is 4.79 Å². The summed E-state index contributed by atoms with van der Waals surface area (Å²) in [4.78, 5) is 13.9. The van der Waals surface area contributed by atoms with E-state index in [0.717, 1.165) is 12.0 Å². The standard InChI is InChI=1S/C17H28N2O/c1-12(2)10-16(18)17(20)19(5)11-14-6-8-15(9-7-14)13(3)4/h6-9,12-13,16H,10-11,18H2,1-5H3/t16-/m1/s1. The maximum absolute atomic E-state index is 12.2. The summed E-state index contributed by atoms with van der Waals surface area (Å²) in [5.41, 5.74) is 8.40. The Kier molecular flexibility index (Phi) is 6.21. The summed E-state index contributed by atoms with van der Waals surface area (Å²) < 4.78 is 0. The van der Waals surface area contributed by atoms with Crippen LogP contribution in [0.15, 0.2) is 24.3 Å². The van der Waals surface area contributed by atoms with Crippen molar-refractivity contribution in [2.45, 2.75) is 52.6 Å². The number of amides is 1. The lowest BCUT2D eigenvalue weighted by Gasteiger charge is -2.22. The number of hydrogen-bond acceptors (Lipinski definition) is 2. The molecule has 3 heteroatoms. The fourth-order valence-corrected chi connectivity index (χ4v) is 2.25. The van der Waals surface area contributed by atoms with Crippen LogP contribution in [0.5, 0.6) is 0 Å². The van der Waals surface area contributed by atoms with E-state index < -0.39 is 6.04 Å². The summed E-state index contributed by atoms with van der Waals surface area (Å²) in [6, 6.07) is 8.05. The van der Waals surface area contributed by atoms with Crippen molar-refractivity contribution >= 4 is 5.91 Å². The molecule has 0 aromatic heterocycles. The summed E-state index contributed by atoms with van der Waals surface area (Å²) >= 11 is 0. The molecule has 0 aliphatic carbocycles. The van der Waals surface area contributed by atoms with Crippen LogP contribution in [0.2, 0.25) is 0 Å². The molecule has 1 rings (SSSR count). The molecule has 3 nitrogen and oxygen atoms in total. The van der Waals surface area contributed by atoms with Gasteiger partial charge in [0.05, 0.1) is 6.04 Å². The Morgan fingerprint density at radius 1 is 1.15 bits per heavy atom. The molecular formula is C17H28N2O. The van der Waals surface area contributed by atoms with E-state index in [2.05, 4.69) is 52.0 Å². The van der Waals surface area contributed by atoms with Crippen molar-refractivity contribution in [3.63, 3.8) is 0 Å². The van der Waals surface area contributed by atoms with E-state index in [-0.39, 0.29) is 5.91 Å². The molecule has 1 atom stereocenters. The summed E-state index contributed by atoms with van der Waals surface area (Å²) in [5.74, 6) is 0.988. The van der Waals surface area contributed by atoms with Gasteiger partial charge in [-0.3, -0.25) is 4.79 Å². The third-order valence-corrected chi connectivity index (χ3v) is 3.48. The Morgan fingerprint density at radius 3 is 2.15 bits per heavy atom. The Balaban J connectivity index is 2.61. The van der Waals surface area contributed by atoms with Crippen molar-refractivity contribution in [3.05, 3.63) is 35.4 Å². The Morgan fingerprint density at radius 2 is 1.70 bits per heavy atom. The lowest BCUT2D eigenvalue weighted by Crippen LogP contribution is -2.42. The molecular weight excluding hydrogens is 248 g/mol. The normalized spacial score (nSPS) is 12.8. The molecule has 0 fully saturated rings. The molecule has 0 aliphatic heterocycles. The van der Waals surface area contributed by atoms with Crippen LogP contribution in [0.25, 0.3) is 0 Å². The summed E-state index contributed by atoms with van der Waals surface area (Å²) in [6.45, 7) is 9.13. The molecule has 1 aromatic rings. The first kappa shape index (κ1) is 16.7. The van der Waals surface area contributed by atoms with Crippen LogP contribution >= 0.6 is 0 Å². The molecule has 2 N–H and O–H groups in total. The van der Waals surface area contributed by atoms with E-state index in [1.807, 2.05) is 7.05 Å². The van der Waals surface area contributed by atoms with Gasteiger partial charge in [-0.1, -0.05) is 52.0 Å². The number of nitrogens with zero attached hydrogens (tertiary/aromatic N) is 1. The van der Waals surface area contributed by atoms with Crippen molar-refractivity contribution in [3.8, 4) is 0 Å². The number of likely N-dealkylation sites (N-methyl/N-ethyl adjacent to an activating group) is 1. The molecule has 0 radical (unpaired) electrons. The predicted molar refractivity (Wildman–Crippen MR) is 84.4 cm³/mol. The number of carbonyl (C=O) groups is 1. The average molecular weight is 276 g/mol. The highest BCUT2D eigenvalue weighted by atomic mass is 16.2. The maximum atomic E-state index is 12.2. The first-order valence-electron chi connectivity index (χ1n) is 7.40. The lowest BCUT2D eigenvalue weighted by molar-refractivity contribution is -0.132. The summed E-state index contributed by atoms with van der Waals surface area (Å²) in [6.07, 6.45) is 0.732. The molecule has 1 amide bonds. The molecule has 0 bridgehead atoms. The van der Waals surface area contributed by atoms with Gasteiger partial charge in [0.15, 0.2) is 0 Å². The zero-order valence-corrected chi connectivity index (χ0v) is 13.4. The van der Waals surface area contributed by atoms with Gasteiger partial charge >= 0.3 is 0 Å². The highest BCUT2D eigenvalue weighted by molar-refractivity contribution is 5.81. The molecule has 0 aliphatic rings. The maximum Gasteiger partial charge on any atom is 0.239 e. The first-order valence-corrected chi connectivity index (χ1v) is 7.40. The lowest BCUT2D eigenvalue weighted by atomic mass is 10.0. The Hall–Kier alpha value is -1.35. The van der Waals surface area contributed by atoms with Gasteiger partial charge in [0.2, 0.25) is 5.91 Å². The van der Waals surface area contributed by atoms with E-state index in [1.165, 1.54) is 5.56 Å².